The third-order valence-corrected chi connectivity index (χ3v) is 5.02. The molecule has 1 aliphatic rings. The summed E-state index contributed by atoms with van der Waals surface area (Å²) in [6.07, 6.45) is -0.0428. The number of carbonyl (C=O) groups is 1. The molecule has 6 heteroatoms. The first-order chi connectivity index (χ1) is 12.8. The molecule has 0 spiro atoms. The van der Waals surface area contributed by atoms with Gasteiger partial charge in [-0.05, 0) is 42.9 Å². The van der Waals surface area contributed by atoms with Gasteiger partial charge in [-0.15, -0.1) is 0 Å². The Morgan fingerprint density at radius 3 is 1.68 bits per heavy atom. The van der Waals surface area contributed by atoms with E-state index in [0.717, 1.165) is 0 Å². The van der Waals surface area contributed by atoms with Crippen LogP contribution in [0.15, 0.2) is 11.5 Å². The minimum absolute atomic E-state index is 0.0422. The molecule has 0 aromatic heterocycles. The summed E-state index contributed by atoms with van der Waals surface area (Å²) in [6, 6.07) is 0. The molecule has 6 nitrogen and oxygen atoms in total. The van der Waals surface area contributed by atoms with Crippen molar-refractivity contribution >= 4 is 5.97 Å². The molecule has 0 bridgehead atoms. The van der Waals surface area contributed by atoms with Gasteiger partial charge in [-0.2, -0.15) is 0 Å². The number of hydrogen-bond acceptors (Lipinski definition) is 6. The highest BCUT2D eigenvalue weighted by Crippen LogP contribution is 2.47. The van der Waals surface area contributed by atoms with E-state index < -0.39 is 34.8 Å². The summed E-state index contributed by atoms with van der Waals surface area (Å²) in [5.74, 6) is -1.79. The van der Waals surface area contributed by atoms with E-state index in [1.54, 1.807) is 0 Å². The fraction of sp³-hybridized carbons (Fsp3) is 0.864. The first-order valence-corrected chi connectivity index (χ1v) is 10.4. The number of hydrogen-bond donors (Lipinski definition) is 3. The number of rotatable bonds is 11. The maximum absolute atomic E-state index is 12.1. The van der Waals surface area contributed by atoms with E-state index in [1.807, 2.05) is 27.7 Å². The standard InChI is InChI=1S/C22H40O6/c1-13(2)9-21(10-14(3)4,27-12-16(7)8)22(26,11-15(5)6)19-17(23)18(24)20(25)28-19/h13-16,19,23-24,26H,9-12H2,1-8H3/t19-,22+/m0/s1. The molecule has 0 unspecified atom stereocenters. The zero-order chi connectivity index (χ0) is 21.9. The maximum atomic E-state index is 12.1. The lowest BCUT2D eigenvalue weighted by molar-refractivity contribution is -0.246. The minimum Gasteiger partial charge on any atom is -0.505 e. The van der Waals surface area contributed by atoms with Crippen LogP contribution in [0.2, 0.25) is 0 Å². The van der Waals surface area contributed by atoms with Gasteiger partial charge in [0.05, 0.1) is 0 Å². The molecule has 0 aromatic carbocycles. The van der Waals surface area contributed by atoms with Crippen molar-refractivity contribution in [2.24, 2.45) is 23.7 Å². The summed E-state index contributed by atoms with van der Waals surface area (Å²) in [4.78, 5) is 11.9. The molecule has 0 saturated heterocycles. The average Bonchev–Trinajstić information content (AvgIpc) is 2.78. The van der Waals surface area contributed by atoms with Crippen molar-refractivity contribution in [3.63, 3.8) is 0 Å². The van der Waals surface area contributed by atoms with Crippen molar-refractivity contribution in [3.05, 3.63) is 11.5 Å². The Kier molecular flexibility index (Phi) is 8.39. The van der Waals surface area contributed by atoms with Crippen LogP contribution in [-0.4, -0.2) is 45.2 Å². The lowest BCUT2D eigenvalue weighted by atomic mass is 9.66. The Balaban J connectivity index is 3.62. The smallest absolute Gasteiger partial charge is 0.378 e. The largest absolute Gasteiger partial charge is 0.505 e. The van der Waals surface area contributed by atoms with Gasteiger partial charge in [0.1, 0.15) is 11.2 Å². The Bertz CT molecular complexity index is 553. The van der Waals surface area contributed by atoms with E-state index in [9.17, 15) is 20.1 Å². The molecule has 0 radical (unpaired) electrons. The molecule has 1 rings (SSSR count). The van der Waals surface area contributed by atoms with E-state index in [2.05, 4.69) is 27.7 Å². The molecule has 0 aliphatic carbocycles. The van der Waals surface area contributed by atoms with Crippen molar-refractivity contribution in [1.29, 1.82) is 0 Å². The normalized spacial score (nSPS) is 20.6. The van der Waals surface area contributed by atoms with E-state index in [1.165, 1.54) is 0 Å². The van der Waals surface area contributed by atoms with Gasteiger partial charge < -0.3 is 24.8 Å². The van der Waals surface area contributed by atoms with Crippen molar-refractivity contribution in [1.82, 2.24) is 0 Å². The molecule has 1 heterocycles. The second kappa shape index (κ2) is 9.49. The summed E-state index contributed by atoms with van der Waals surface area (Å²) in [5.41, 5.74) is -2.73. The van der Waals surface area contributed by atoms with Crippen LogP contribution in [-0.2, 0) is 14.3 Å². The quantitative estimate of drug-likeness (QED) is 0.441. The van der Waals surface area contributed by atoms with Crippen LogP contribution in [0.4, 0.5) is 0 Å². The predicted molar refractivity (Wildman–Crippen MR) is 109 cm³/mol. The molecule has 3 N–H and O–H groups in total. The predicted octanol–water partition coefficient (Wildman–Crippen LogP) is 4.52. The molecule has 2 atom stereocenters. The Hall–Kier alpha value is -1.27. The highest BCUT2D eigenvalue weighted by Gasteiger charge is 2.61. The first kappa shape index (κ1) is 24.8. The van der Waals surface area contributed by atoms with Crippen LogP contribution in [0, 0.1) is 23.7 Å². The summed E-state index contributed by atoms with van der Waals surface area (Å²) in [6.45, 7) is 16.6. The van der Waals surface area contributed by atoms with Crippen LogP contribution in [0.3, 0.4) is 0 Å². The lowest BCUT2D eigenvalue weighted by Gasteiger charge is -2.51. The molecular formula is C22H40O6. The van der Waals surface area contributed by atoms with Crippen LogP contribution < -0.4 is 0 Å². The third kappa shape index (κ3) is 5.41. The van der Waals surface area contributed by atoms with E-state index in [4.69, 9.17) is 9.47 Å². The molecule has 0 fully saturated rings. The van der Waals surface area contributed by atoms with Crippen LogP contribution in [0.1, 0.15) is 74.7 Å². The molecular weight excluding hydrogens is 360 g/mol. The summed E-state index contributed by atoms with van der Waals surface area (Å²) in [5, 5.41) is 32.4. The first-order valence-electron chi connectivity index (χ1n) is 10.4. The molecule has 1 aliphatic heterocycles. The monoisotopic (exact) mass is 400 g/mol. The highest BCUT2D eigenvalue weighted by atomic mass is 16.6. The van der Waals surface area contributed by atoms with Gasteiger partial charge in [-0.1, -0.05) is 55.4 Å². The van der Waals surface area contributed by atoms with Gasteiger partial charge in [0.2, 0.25) is 5.76 Å². The SMILES string of the molecule is CC(C)COC(CC(C)C)(CC(C)C)[C@@](O)(CC(C)C)[C@H]1OC(=O)C(O)=C1O. The van der Waals surface area contributed by atoms with Gasteiger partial charge in [0, 0.05) is 6.61 Å². The number of esters is 1. The number of ether oxygens (including phenoxy) is 2. The third-order valence-electron chi connectivity index (χ3n) is 5.02. The number of cyclic esters (lactones) is 1. The van der Waals surface area contributed by atoms with E-state index in [0.29, 0.717) is 19.4 Å². The average molecular weight is 401 g/mol. The highest BCUT2D eigenvalue weighted by molar-refractivity contribution is 5.89. The van der Waals surface area contributed by atoms with Crippen molar-refractivity contribution in [2.75, 3.05) is 6.61 Å². The van der Waals surface area contributed by atoms with Crippen molar-refractivity contribution in [2.45, 2.75) is 92.0 Å². The van der Waals surface area contributed by atoms with E-state index >= 15 is 0 Å². The summed E-state index contributed by atoms with van der Waals surface area (Å²) < 4.78 is 11.7. The molecule has 0 aromatic rings. The topological polar surface area (TPSA) is 96.2 Å². The number of aliphatic hydroxyl groups is 3. The summed E-state index contributed by atoms with van der Waals surface area (Å²) in [7, 11) is 0. The van der Waals surface area contributed by atoms with Crippen molar-refractivity contribution in [3.8, 4) is 0 Å². The van der Waals surface area contributed by atoms with Crippen molar-refractivity contribution < 1.29 is 29.6 Å². The Morgan fingerprint density at radius 2 is 1.36 bits per heavy atom. The molecule has 0 saturated carbocycles. The van der Waals surface area contributed by atoms with E-state index in [-0.39, 0.29) is 30.1 Å². The number of carbonyl (C=O) groups excluding carboxylic acids is 1. The van der Waals surface area contributed by atoms with Crippen LogP contribution in [0.25, 0.3) is 0 Å². The van der Waals surface area contributed by atoms with Gasteiger partial charge in [-0.25, -0.2) is 4.79 Å². The van der Waals surface area contributed by atoms with Crippen LogP contribution in [0.5, 0.6) is 0 Å². The second-order valence-corrected chi connectivity index (χ2v) is 9.94. The fourth-order valence-electron chi connectivity index (χ4n) is 4.25. The van der Waals surface area contributed by atoms with Gasteiger partial charge >= 0.3 is 5.97 Å². The zero-order valence-electron chi connectivity index (χ0n) is 18.8. The van der Waals surface area contributed by atoms with Gasteiger partial charge in [0.25, 0.3) is 0 Å². The summed E-state index contributed by atoms with van der Waals surface area (Å²) >= 11 is 0. The molecule has 0 amide bonds. The number of aliphatic hydroxyl groups excluding tert-OH is 2. The minimum atomic E-state index is -1.69. The Morgan fingerprint density at radius 1 is 0.893 bits per heavy atom. The Labute approximate surface area is 169 Å². The second-order valence-electron chi connectivity index (χ2n) is 9.94. The lowest BCUT2D eigenvalue weighted by Crippen LogP contribution is -2.65. The maximum Gasteiger partial charge on any atom is 0.378 e. The van der Waals surface area contributed by atoms with Gasteiger partial charge in [0.15, 0.2) is 11.9 Å². The molecule has 28 heavy (non-hydrogen) atoms. The van der Waals surface area contributed by atoms with Gasteiger partial charge in [-0.3, -0.25) is 0 Å². The molecule has 164 valence electrons. The zero-order valence-corrected chi connectivity index (χ0v) is 18.8. The van der Waals surface area contributed by atoms with Crippen LogP contribution >= 0.6 is 0 Å². The fourth-order valence-corrected chi connectivity index (χ4v) is 4.25.